The van der Waals surface area contributed by atoms with Crippen molar-refractivity contribution >= 4 is 20.0 Å². The molecular formula is C15H26N2O5S2. The summed E-state index contributed by atoms with van der Waals surface area (Å²) in [6.45, 7) is 4.33. The van der Waals surface area contributed by atoms with E-state index in [-0.39, 0.29) is 23.3 Å². The Morgan fingerprint density at radius 2 is 1.67 bits per heavy atom. The minimum Gasteiger partial charge on any atom is -0.377 e. The van der Waals surface area contributed by atoms with Crippen molar-refractivity contribution in [2.24, 2.45) is 0 Å². The first-order valence-electron chi connectivity index (χ1n) is 7.65. The summed E-state index contributed by atoms with van der Waals surface area (Å²) in [6, 6.07) is 6.24. The summed E-state index contributed by atoms with van der Waals surface area (Å²) in [6.07, 6.45) is 0.370. The van der Waals surface area contributed by atoms with E-state index in [2.05, 4.69) is 4.72 Å². The molecule has 0 aliphatic rings. The van der Waals surface area contributed by atoms with Crippen molar-refractivity contribution in [2.45, 2.75) is 31.3 Å². The summed E-state index contributed by atoms with van der Waals surface area (Å²) >= 11 is 0. The number of sulfonamides is 2. The lowest BCUT2D eigenvalue weighted by Crippen LogP contribution is -2.31. The number of nitrogens with one attached hydrogen (secondary N) is 1. The minimum absolute atomic E-state index is 0.0611. The summed E-state index contributed by atoms with van der Waals surface area (Å²) in [4.78, 5) is 0.183. The molecule has 0 saturated carbocycles. The number of benzene rings is 1. The van der Waals surface area contributed by atoms with Crippen LogP contribution >= 0.6 is 0 Å². The fourth-order valence-electron chi connectivity index (χ4n) is 1.86. The van der Waals surface area contributed by atoms with Gasteiger partial charge in [-0.1, -0.05) is 12.1 Å². The van der Waals surface area contributed by atoms with Gasteiger partial charge in [-0.2, -0.15) is 0 Å². The molecule has 1 rings (SSSR count). The molecule has 0 saturated heterocycles. The van der Waals surface area contributed by atoms with Gasteiger partial charge in [0.25, 0.3) is 0 Å². The highest BCUT2D eigenvalue weighted by Crippen LogP contribution is 2.14. The molecule has 0 unspecified atom stereocenters. The van der Waals surface area contributed by atoms with Crippen LogP contribution in [0.15, 0.2) is 29.2 Å². The molecule has 0 heterocycles. The first kappa shape index (κ1) is 21.0. The monoisotopic (exact) mass is 378 g/mol. The molecular weight excluding hydrogens is 352 g/mol. The molecule has 0 amide bonds. The highest BCUT2D eigenvalue weighted by molar-refractivity contribution is 7.89. The molecule has 24 heavy (non-hydrogen) atoms. The molecule has 0 aliphatic heterocycles. The van der Waals surface area contributed by atoms with Crippen LogP contribution in [0.1, 0.15) is 19.4 Å². The second-order valence-corrected chi connectivity index (χ2v) is 9.89. The first-order valence-corrected chi connectivity index (χ1v) is 10.7. The van der Waals surface area contributed by atoms with Gasteiger partial charge in [-0.15, -0.1) is 0 Å². The number of rotatable bonds is 10. The highest BCUT2D eigenvalue weighted by Gasteiger charge is 2.17. The highest BCUT2D eigenvalue weighted by atomic mass is 32.2. The molecule has 7 nitrogen and oxygen atoms in total. The maximum atomic E-state index is 12.0. The van der Waals surface area contributed by atoms with Crippen molar-refractivity contribution < 1.29 is 21.6 Å². The first-order chi connectivity index (χ1) is 11.0. The Kier molecular flexibility index (Phi) is 7.81. The lowest BCUT2D eigenvalue weighted by molar-refractivity contribution is 0.0834. The van der Waals surface area contributed by atoms with E-state index in [1.165, 1.54) is 26.2 Å². The van der Waals surface area contributed by atoms with E-state index in [1.807, 2.05) is 13.8 Å². The molecule has 138 valence electrons. The molecule has 0 fully saturated rings. The number of nitrogens with zero attached hydrogens (tertiary/aromatic N) is 1. The van der Waals surface area contributed by atoms with E-state index in [0.717, 1.165) is 9.87 Å². The van der Waals surface area contributed by atoms with Crippen molar-refractivity contribution in [3.8, 4) is 0 Å². The van der Waals surface area contributed by atoms with Gasteiger partial charge in [0.1, 0.15) is 0 Å². The van der Waals surface area contributed by atoms with E-state index >= 15 is 0 Å². The summed E-state index contributed by atoms with van der Waals surface area (Å²) < 4.78 is 56.6. The van der Waals surface area contributed by atoms with Crippen LogP contribution in [0.25, 0.3) is 0 Å². The van der Waals surface area contributed by atoms with Gasteiger partial charge < -0.3 is 4.74 Å². The molecule has 0 atom stereocenters. The minimum atomic E-state index is -3.47. The number of ether oxygens (including phenoxy) is 1. The van der Waals surface area contributed by atoms with Crippen LogP contribution in [0.4, 0.5) is 0 Å². The maximum Gasteiger partial charge on any atom is 0.242 e. The summed E-state index contributed by atoms with van der Waals surface area (Å²) in [7, 11) is -3.93. The topological polar surface area (TPSA) is 92.8 Å². The fourth-order valence-corrected chi connectivity index (χ4v) is 3.80. The van der Waals surface area contributed by atoms with Crippen molar-refractivity contribution in [3.05, 3.63) is 29.8 Å². The van der Waals surface area contributed by atoms with Crippen molar-refractivity contribution in [1.29, 1.82) is 0 Å². The molecule has 1 aromatic carbocycles. The average molecular weight is 379 g/mol. The average Bonchev–Trinajstić information content (AvgIpc) is 2.50. The maximum absolute atomic E-state index is 12.0. The van der Waals surface area contributed by atoms with Gasteiger partial charge in [-0.3, -0.25) is 0 Å². The van der Waals surface area contributed by atoms with Crippen molar-refractivity contribution in [2.75, 3.05) is 33.0 Å². The second-order valence-electron chi connectivity index (χ2n) is 5.81. The van der Waals surface area contributed by atoms with Gasteiger partial charge in [0.15, 0.2) is 0 Å². The molecule has 0 aromatic heterocycles. The van der Waals surface area contributed by atoms with Crippen LogP contribution in [0.3, 0.4) is 0 Å². The number of aryl methyl sites for hydroxylation is 1. The summed E-state index contributed by atoms with van der Waals surface area (Å²) in [5.74, 6) is -0.0611. The van der Waals surface area contributed by atoms with E-state index in [4.69, 9.17) is 4.74 Å². The SMILES string of the molecule is CC(C)OCCNS(=O)(=O)CCc1ccc(S(=O)(=O)N(C)C)cc1. The standard InChI is InChI=1S/C15H26N2O5S2/c1-13(2)22-11-10-16-23(18,19)12-9-14-5-7-15(8-6-14)24(20,21)17(3)4/h5-8,13,16H,9-12H2,1-4H3. The molecule has 0 radical (unpaired) electrons. The Labute approximate surface area is 145 Å². The van der Waals surface area contributed by atoms with Gasteiger partial charge in [-0.05, 0) is 38.0 Å². The zero-order chi connectivity index (χ0) is 18.4. The lowest BCUT2D eigenvalue weighted by Gasteiger charge is -2.12. The Morgan fingerprint density at radius 1 is 1.08 bits per heavy atom. The van der Waals surface area contributed by atoms with E-state index in [0.29, 0.717) is 13.0 Å². The normalized spacial score (nSPS) is 12.9. The molecule has 1 aromatic rings. The van der Waals surface area contributed by atoms with E-state index < -0.39 is 20.0 Å². The quantitative estimate of drug-likeness (QED) is 0.609. The summed E-state index contributed by atoms with van der Waals surface area (Å²) in [5, 5.41) is 0. The van der Waals surface area contributed by atoms with Crippen LogP contribution in [0.2, 0.25) is 0 Å². The Hall–Kier alpha value is -1.00. The number of hydrogen-bond donors (Lipinski definition) is 1. The Morgan fingerprint density at radius 3 is 2.17 bits per heavy atom. The molecule has 9 heteroatoms. The predicted octanol–water partition coefficient (Wildman–Crippen LogP) is 0.824. The van der Waals surface area contributed by atoms with Gasteiger partial charge in [0, 0.05) is 20.6 Å². The van der Waals surface area contributed by atoms with Gasteiger partial charge in [0.2, 0.25) is 20.0 Å². The van der Waals surface area contributed by atoms with Crippen molar-refractivity contribution in [3.63, 3.8) is 0 Å². The van der Waals surface area contributed by atoms with Crippen LogP contribution in [-0.4, -0.2) is 60.2 Å². The number of hydrogen-bond acceptors (Lipinski definition) is 5. The third-order valence-electron chi connectivity index (χ3n) is 3.24. The van der Waals surface area contributed by atoms with E-state index in [1.54, 1.807) is 12.1 Å². The lowest BCUT2D eigenvalue weighted by atomic mass is 10.2. The predicted molar refractivity (Wildman–Crippen MR) is 93.9 cm³/mol. The Bertz CT molecular complexity index is 711. The van der Waals surface area contributed by atoms with Gasteiger partial charge >= 0.3 is 0 Å². The smallest absolute Gasteiger partial charge is 0.242 e. The Balaban J connectivity index is 2.56. The second kappa shape index (κ2) is 8.91. The summed E-state index contributed by atoms with van der Waals surface area (Å²) in [5.41, 5.74) is 0.761. The van der Waals surface area contributed by atoms with Crippen LogP contribution in [0.5, 0.6) is 0 Å². The molecule has 0 spiro atoms. The van der Waals surface area contributed by atoms with Crippen LogP contribution in [-0.2, 0) is 31.2 Å². The van der Waals surface area contributed by atoms with Gasteiger partial charge in [0.05, 0.1) is 23.4 Å². The zero-order valence-electron chi connectivity index (χ0n) is 14.5. The van der Waals surface area contributed by atoms with Crippen LogP contribution < -0.4 is 4.72 Å². The third kappa shape index (κ3) is 6.86. The third-order valence-corrected chi connectivity index (χ3v) is 6.45. The van der Waals surface area contributed by atoms with Gasteiger partial charge in [-0.25, -0.2) is 25.9 Å². The zero-order valence-corrected chi connectivity index (χ0v) is 16.2. The fraction of sp³-hybridized carbons (Fsp3) is 0.600. The largest absolute Gasteiger partial charge is 0.377 e. The van der Waals surface area contributed by atoms with E-state index in [9.17, 15) is 16.8 Å². The molecule has 1 N–H and O–H groups in total. The molecule has 0 aliphatic carbocycles. The molecule has 0 bridgehead atoms. The van der Waals surface area contributed by atoms with Crippen molar-refractivity contribution in [1.82, 2.24) is 9.03 Å². The van der Waals surface area contributed by atoms with Crippen LogP contribution in [0, 0.1) is 0 Å².